The monoisotopic (exact) mass is 186 g/mol. The van der Waals surface area contributed by atoms with Gasteiger partial charge in [0.05, 0.1) is 0 Å². The van der Waals surface area contributed by atoms with E-state index in [-0.39, 0.29) is 5.92 Å². The minimum absolute atomic E-state index is 0.234. The molecule has 0 radical (unpaired) electrons. The van der Waals surface area contributed by atoms with Crippen molar-refractivity contribution >= 4 is 17.5 Å². The Kier molecular flexibility index (Phi) is 4.13. The first kappa shape index (κ1) is 10.1. The van der Waals surface area contributed by atoms with Gasteiger partial charge in [-0.15, -0.1) is 0 Å². The average molecular weight is 186 g/mol. The van der Waals surface area contributed by atoms with Gasteiger partial charge in [0.25, 0.3) is 0 Å². The maximum Gasteiger partial charge on any atom is 0.138 e. The van der Waals surface area contributed by atoms with Crippen LogP contribution in [0.25, 0.3) is 0 Å². The number of hydrogen-bond donors (Lipinski definition) is 0. The lowest BCUT2D eigenvalue weighted by molar-refractivity contribution is -0.126. The molecular formula is C10H18OS. The second-order valence-electron chi connectivity index (χ2n) is 3.80. The molecule has 0 aromatic rings. The summed E-state index contributed by atoms with van der Waals surface area (Å²) in [5.74, 6) is 3.53. The highest BCUT2D eigenvalue weighted by Crippen LogP contribution is 2.24. The van der Waals surface area contributed by atoms with Crippen molar-refractivity contribution < 1.29 is 4.79 Å². The molecule has 1 fully saturated rings. The Morgan fingerprint density at radius 2 is 2.08 bits per heavy atom. The van der Waals surface area contributed by atoms with Crippen molar-refractivity contribution in [3.63, 3.8) is 0 Å². The smallest absolute Gasteiger partial charge is 0.138 e. The minimum atomic E-state index is 0.234. The maximum atomic E-state index is 11.6. The van der Waals surface area contributed by atoms with Crippen LogP contribution in [0.15, 0.2) is 0 Å². The predicted octanol–water partition coefficient (Wildman–Crippen LogP) is 2.74. The van der Waals surface area contributed by atoms with Crippen molar-refractivity contribution in [3.8, 4) is 0 Å². The second-order valence-corrected chi connectivity index (χ2v) is 5.02. The molecule has 2 heteroatoms. The second kappa shape index (κ2) is 4.90. The zero-order chi connectivity index (χ0) is 8.97. The fourth-order valence-electron chi connectivity index (χ4n) is 1.66. The number of rotatable bonds is 2. The lowest BCUT2D eigenvalue weighted by Crippen LogP contribution is -2.19. The Bertz CT molecular complexity index is 146. The molecule has 0 N–H and O–H groups in total. The fourth-order valence-corrected chi connectivity index (χ4v) is 2.69. The summed E-state index contributed by atoms with van der Waals surface area (Å²) < 4.78 is 0. The van der Waals surface area contributed by atoms with Crippen molar-refractivity contribution in [3.05, 3.63) is 0 Å². The third kappa shape index (κ3) is 2.81. The molecule has 1 unspecified atom stereocenters. The van der Waals surface area contributed by atoms with Crippen molar-refractivity contribution in [1.29, 1.82) is 0 Å². The van der Waals surface area contributed by atoms with Crippen LogP contribution in [0, 0.1) is 11.8 Å². The van der Waals surface area contributed by atoms with E-state index in [2.05, 4.69) is 0 Å². The van der Waals surface area contributed by atoms with Gasteiger partial charge in [-0.3, -0.25) is 4.79 Å². The third-order valence-corrected chi connectivity index (χ3v) is 3.53. The average Bonchev–Trinajstić information content (AvgIpc) is 2.30. The summed E-state index contributed by atoms with van der Waals surface area (Å²) in [6.07, 6.45) is 3.47. The summed E-state index contributed by atoms with van der Waals surface area (Å²) in [5.41, 5.74) is 0. The molecule has 1 nitrogen and oxygen atoms in total. The van der Waals surface area contributed by atoms with Gasteiger partial charge in [0, 0.05) is 11.8 Å². The van der Waals surface area contributed by atoms with Crippen LogP contribution in [0.5, 0.6) is 0 Å². The van der Waals surface area contributed by atoms with Crippen LogP contribution >= 0.6 is 11.8 Å². The Hall–Kier alpha value is 0.0200. The summed E-state index contributed by atoms with van der Waals surface area (Å²) >= 11 is 2.00. The van der Waals surface area contributed by atoms with Gasteiger partial charge < -0.3 is 0 Å². The van der Waals surface area contributed by atoms with Crippen LogP contribution < -0.4 is 0 Å². The summed E-state index contributed by atoms with van der Waals surface area (Å²) in [5, 5.41) is 0. The number of hydrogen-bond acceptors (Lipinski definition) is 2. The lowest BCUT2D eigenvalue weighted by Gasteiger charge is -2.14. The SMILES string of the molecule is CC(C)C(=O)C1CCCSCC1. The van der Waals surface area contributed by atoms with E-state index in [1.807, 2.05) is 25.6 Å². The minimum Gasteiger partial charge on any atom is -0.299 e. The number of ketones is 1. The molecule has 1 aliphatic rings. The van der Waals surface area contributed by atoms with E-state index in [0.717, 1.165) is 12.8 Å². The molecule has 0 spiro atoms. The molecule has 1 saturated heterocycles. The molecule has 1 atom stereocenters. The highest BCUT2D eigenvalue weighted by atomic mass is 32.2. The maximum absolute atomic E-state index is 11.6. The lowest BCUT2D eigenvalue weighted by atomic mass is 9.90. The molecule has 70 valence electrons. The van der Waals surface area contributed by atoms with E-state index in [0.29, 0.717) is 11.7 Å². The summed E-state index contributed by atoms with van der Waals surface area (Å²) in [4.78, 5) is 11.6. The first-order chi connectivity index (χ1) is 5.72. The topological polar surface area (TPSA) is 17.1 Å². The van der Waals surface area contributed by atoms with Gasteiger partial charge in [-0.2, -0.15) is 11.8 Å². The Morgan fingerprint density at radius 3 is 2.75 bits per heavy atom. The fraction of sp³-hybridized carbons (Fsp3) is 0.900. The molecule has 1 aliphatic heterocycles. The zero-order valence-electron chi connectivity index (χ0n) is 8.01. The van der Waals surface area contributed by atoms with Gasteiger partial charge in [-0.25, -0.2) is 0 Å². The Morgan fingerprint density at radius 1 is 1.33 bits per heavy atom. The normalized spacial score (nSPS) is 25.4. The van der Waals surface area contributed by atoms with Gasteiger partial charge in [0.15, 0.2) is 0 Å². The van der Waals surface area contributed by atoms with E-state index in [9.17, 15) is 4.79 Å². The summed E-state index contributed by atoms with van der Waals surface area (Å²) in [6, 6.07) is 0. The molecule has 1 heterocycles. The van der Waals surface area contributed by atoms with Gasteiger partial charge in [0.2, 0.25) is 0 Å². The van der Waals surface area contributed by atoms with Gasteiger partial charge in [-0.05, 0) is 30.8 Å². The molecular weight excluding hydrogens is 168 g/mol. The Labute approximate surface area is 79.3 Å². The van der Waals surface area contributed by atoms with E-state index in [4.69, 9.17) is 0 Å². The van der Waals surface area contributed by atoms with Crippen LogP contribution in [-0.4, -0.2) is 17.3 Å². The molecule has 0 aromatic carbocycles. The highest BCUT2D eigenvalue weighted by molar-refractivity contribution is 7.99. The molecule has 1 rings (SSSR count). The number of Topliss-reactive ketones (excluding diaryl/α,β-unsaturated/α-hetero) is 1. The number of thioether (sulfide) groups is 1. The van der Waals surface area contributed by atoms with Gasteiger partial charge in [-0.1, -0.05) is 13.8 Å². The first-order valence-corrected chi connectivity index (χ1v) is 5.98. The molecule has 0 bridgehead atoms. The van der Waals surface area contributed by atoms with E-state index in [1.54, 1.807) is 0 Å². The largest absolute Gasteiger partial charge is 0.299 e. The molecule has 0 saturated carbocycles. The van der Waals surface area contributed by atoms with Crippen molar-refractivity contribution in [2.75, 3.05) is 11.5 Å². The van der Waals surface area contributed by atoms with Gasteiger partial charge >= 0.3 is 0 Å². The standard InChI is InChI=1S/C10H18OS/c1-8(2)10(11)9-4-3-6-12-7-5-9/h8-9H,3-7H2,1-2H3. The van der Waals surface area contributed by atoms with Crippen LogP contribution in [0.4, 0.5) is 0 Å². The third-order valence-electron chi connectivity index (χ3n) is 2.42. The van der Waals surface area contributed by atoms with Crippen LogP contribution in [0.2, 0.25) is 0 Å². The summed E-state index contributed by atoms with van der Waals surface area (Å²) in [7, 11) is 0. The quantitative estimate of drug-likeness (QED) is 0.659. The Balaban J connectivity index is 2.43. The van der Waals surface area contributed by atoms with Crippen LogP contribution in [0.1, 0.15) is 33.1 Å². The number of carbonyl (C=O) groups is 1. The number of carbonyl (C=O) groups excluding carboxylic acids is 1. The predicted molar refractivity (Wildman–Crippen MR) is 54.5 cm³/mol. The van der Waals surface area contributed by atoms with Crippen molar-refractivity contribution in [2.45, 2.75) is 33.1 Å². The highest BCUT2D eigenvalue weighted by Gasteiger charge is 2.21. The van der Waals surface area contributed by atoms with E-state index in [1.165, 1.54) is 17.9 Å². The van der Waals surface area contributed by atoms with E-state index < -0.39 is 0 Å². The first-order valence-electron chi connectivity index (χ1n) is 4.83. The molecule has 0 aliphatic carbocycles. The van der Waals surface area contributed by atoms with Gasteiger partial charge in [0.1, 0.15) is 5.78 Å². The van der Waals surface area contributed by atoms with Crippen molar-refractivity contribution in [2.24, 2.45) is 11.8 Å². The summed E-state index contributed by atoms with van der Waals surface area (Å²) in [6.45, 7) is 4.03. The molecule has 0 amide bonds. The van der Waals surface area contributed by atoms with Crippen LogP contribution in [0.3, 0.4) is 0 Å². The van der Waals surface area contributed by atoms with Crippen LogP contribution in [-0.2, 0) is 4.79 Å². The van der Waals surface area contributed by atoms with E-state index >= 15 is 0 Å². The molecule has 12 heavy (non-hydrogen) atoms. The molecule has 0 aromatic heterocycles. The van der Waals surface area contributed by atoms with Crippen molar-refractivity contribution in [1.82, 2.24) is 0 Å². The zero-order valence-corrected chi connectivity index (χ0v) is 8.82.